The predicted octanol–water partition coefficient (Wildman–Crippen LogP) is -1.68. The van der Waals surface area contributed by atoms with E-state index in [1.807, 2.05) is 27.7 Å². The molecule has 3 heterocycles. The number of aromatic amines is 1. The maximum Gasteiger partial charge on any atom is 0.305 e. The van der Waals surface area contributed by atoms with Crippen molar-refractivity contribution in [3.8, 4) is 0 Å². The summed E-state index contributed by atoms with van der Waals surface area (Å²) in [5.41, 5.74) is 18.7. The first kappa shape index (κ1) is 83.4. The van der Waals surface area contributed by atoms with Gasteiger partial charge < -0.3 is 90.9 Å². The minimum atomic E-state index is -1.94. The second-order valence-corrected chi connectivity index (χ2v) is 27.0. The topological polar surface area (TPSA) is 531 Å². The van der Waals surface area contributed by atoms with Gasteiger partial charge in [0.2, 0.25) is 70.9 Å². The van der Waals surface area contributed by atoms with Crippen LogP contribution in [-0.4, -0.2) is 199 Å². The number of aliphatic imine (C=N–C) groups is 1. The number of nitrogens with two attached hydrogens (primary N) is 3. The zero-order valence-corrected chi connectivity index (χ0v) is 59.0. The monoisotopic (exact) mass is 1420 g/mol. The lowest BCUT2D eigenvalue weighted by atomic mass is 9.96. The average molecular weight is 1420 g/mol. The fourth-order valence-corrected chi connectivity index (χ4v) is 12.0. The molecule has 4 rings (SSSR count). The molecule has 1 aromatic carbocycles. The van der Waals surface area contributed by atoms with Crippen molar-refractivity contribution >= 4 is 99.6 Å². The van der Waals surface area contributed by atoms with Crippen LogP contribution in [0.3, 0.4) is 0 Å². The number of thioether (sulfide) groups is 1. The van der Waals surface area contributed by atoms with E-state index in [-0.39, 0.29) is 94.9 Å². The van der Waals surface area contributed by atoms with Gasteiger partial charge in [-0.15, -0.1) is 11.8 Å². The van der Waals surface area contributed by atoms with Crippen LogP contribution in [0.2, 0.25) is 0 Å². The molecule has 3 unspecified atom stereocenters. The van der Waals surface area contributed by atoms with Crippen LogP contribution in [0.4, 0.5) is 0 Å². The van der Waals surface area contributed by atoms with Gasteiger partial charge in [-0.1, -0.05) is 105 Å². The van der Waals surface area contributed by atoms with Crippen LogP contribution in [0.1, 0.15) is 150 Å². The van der Waals surface area contributed by atoms with E-state index in [9.17, 15) is 77.3 Å². The third-order valence-corrected chi connectivity index (χ3v) is 18.6. The molecule has 0 aliphatic carbocycles. The Morgan fingerprint density at radius 3 is 1.85 bits per heavy atom. The minimum Gasteiger partial charge on any atom is -0.481 e. The summed E-state index contributed by atoms with van der Waals surface area (Å²) in [5.74, 6) is -15.4. The highest BCUT2D eigenvalue weighted by atomic mass is 32.2. The van der Waals surface area contributed by atoms with Crippen molar-refractivity contribution in [2.45, 2.75) is 224 Å². The number of aliphatic carboxylic acids is 2. The number of benzene rings is 1. The number of nitrogens with zero attached hydrogens (tertiary/aromatic N) is 2. The Hall–Kier alpha value is -9.05. The van der Waals surface area contributed by atoms with Crippen LogP contribution < -0.4 is 75.7 Å². The van der Waals surface area contributed by atoms with E-state index >= 15 is 0 Å². The first-order valence-corrected chi connectivity index (χ1v) is 35.1. The second-order valence-electron chi connectivity index (χ2n) is 26.0. The van der Waals surface area contributed by atoms with E-state index in [1.54, 1.807) is 58.0 Å². The number of hydrogen-bond acceptors (Lipinski definition) is 19. The van der Waals surface area contributed by atoms with Crippen molar-refractivity contribution in [2.24, 2.45) is 45.9 Å². The molecule has 0 radical (unpaired) electrons. The number of amides is 12. The van der Waals surface area contributed by atoms with Gasteiger partial charge in [0.1, 0.15) is 66.5 Å². The van der Waals surface area contributed by atoms with E-state index in [1.165, 1.54) is 24.3 Å². The molecule has 2 aromatic rings. The van der Waals surface area contributed by atoms with Gasteiger partial charge in [0.15, 0.2) is 0 Å². The summed E-state index contributed by atoms with van der Waals surface area (Å²) >= 11 is 1.35. The summed E-state index contributed by atoms with van der Waals surface area (Å²) in [6.07, 6.45) is 0.368. The van der Waals surface area contributed by atoms with Gasteiger partial charge in [-0.05, 0) is 80.7 Å². The zero-order valence-electron chi connectivity index (χ0n) is 58.2. The van der Waals surface area contributed by atoms with E-state index in [0.717, 1.165) is 6.42 Å². The molecule has 0 saturated carbocycles. The molecule has 554 valence electrons. The third-order valence-electron chi connectivity index (χ3n) is 17.5. The Bertz CT molecular complexity index is 3160. The maximum absolute atomic E-state index is 14.9. The van der Waals surface area contributed by atoms with Crippen molar-refractivity contribution in [3.63, 3.8) is 0 Å². The molecule has 12 amide bonds. The maximum atomic E-state index is 14.9. The molecule has 1 fully saturated rings. The molecule has 0 spiro atoms. The minimum absolute atomic E-state index is 0.00117. The quantitative estimate of drug-likeness (QED) is 0.0401. The molecular formula is C66H103N17O16S. The number of carbonyl (C=O) groups is 14. The molecule has 20 N–H and O–H groups in total. The highest BCUT2D eigenvalue weighted by Gasteiger charge is 2.40. The van der Waals surface area contributed by atoms with Crippen LogP contribution in [0.25, 0.3) is 0 Å². The van der Waals surface area contributed by atoms with Crippen molar-refractivity contribution in [1.82, 2.24) is 68.5 Å². The first-order valence-electron chi connectivity index (χ1n) is 34.1. The number of imidazole rings is 1. The number of carboxylic acids is 2. The van der Waals surface area contributed by atoms with Crippen molar-refractivity contribution in [1.29, 1.82) is 0 Å². The lowest BCUT2D eigenvalue weighted by Crippen LogP contribution is -2.62. The summed E-state index contributed by atoms with van der Waals surface area (Å²) < 4.78 is 0. The summed E-state index contributed by atoms with van der Waals surface area (Å²) in [7, 11) is 0. The Kier molecular flexibility index (Phi) is 35.1. The summed E-state index contributed by atoms with van der Waals surface area (Å²) in [5, 5.41) is 49.1. The molecule has 1 aromatic heterocycles. The standard InChI is InChI=1S/C66H103N17O16S/c1-9-35(6)52(69)66-81-48(32-100-66)63(97)76-43(26-34(4)5)59(93)74-42(22-23-50(85)86)58(92)83-53(36(7)10-2)64(98)75-40-20-15-16-25-71-55(89)46(29-49(68)84)78-62(96)47(30-51(87)88)79-61(95)45(28-39-31-70-33-72-39)77-60(94)44(27-38-18-13-12-14-19-38)80-65(99)54(37(8)11-3)82-57(91)41(21-17-24-67)73-56(40)90/h12-14,18-19,31,33-37,40-48,52-54H,9-11,15-17,20-30,32,67,69H2,1-8H3,(H2,68,84)(H,70,72)(H,71,89)(H,73,90)(H,74,93)(H,75,98)(H,76,97)(H,77,94)(H,78,96)(H,79,95)(H,80,99)(H,82,91)(H,83,92)(H,85,86)(H,87,88)/t35?,36-,37+,40-,41+,42+,43-,44+,45+,46-,47+,48?,52?,53-,54+/m0/s1. The zero-order chi connectivity index (χ0) is 74.3. The van der Waals surface area contributed by atoms with Gasteiger partial charge in [0.05, 0.1) is 30.3 Å². The number of H-pyrrole nitrogens is 1. The number of rotatable bonds is 31. The summed E-state index contributed by atoms with van der Waals surface area (Å²) in [4.78, 5) is 207. The van der Waals surface area contributed by atoms with Gasteiger partial charge in [0.25, 0.3) is 0 Å². The Morgan fingerprint density at radius 2 is 1.26 bits per heavy atom. The third kappa shape index (κ3) is 27.6. The highest BCUT2D eigenvalue weighted by molar-refractivity contribution is 8.14. The predicted molar refractivity (Wildman–Crippen MR) is 369 cm³/mol. The molecule has 34 heteroatoms. The van der Waals surface area contributed by atoms with E-state index in [0.29, 0.717) is 16.3 Å². The summed E-state index contributed by atoms with van der Waals surface area (Å²) in [6.45, 7) is 14.1. The molecule has 1 saturated heterocycles. The lowest BCUT2D eigenvalue weighted by molar-refractivity contribution is -0.142. The van der Waals surface area contributed by atoms with Gasteiger partial charge >= 0.3 is 11.9 Å². The molecule has 2 aliphatic heterocycles. The molecule has 0 bridgehead atoms. The molecule has 33 nitrogen and oxygen atoms in total. The smallest absolute Gasteiger partial charge is 0.305 e. The second kappa shape index (κ2) is 42.1. The molecule has 15 atom stereocenters. The van der Waals surface area contributed by atoms with E-state index in [2.05, 4.69) is 73.4 Å². The fraction of sp³-hybridized carbons (Fsp3) is 0.636. The van der Waals surface area contributed by atoms with Crippen molar-refractivity contribution < 1.29 is 77.3 Å². The molecule has 2 aliphatic rings. The first-order chi connectivity index (χ1) is 47.4. The molecular weight excluding hydrogens is 1320 g/mol. The fourth-order valence-electron chi connectivity index (χ4n) is 10.9. The number of carboxylic acid groups (broad SMARTS) is 2. The Balaban J connectivity index is 1.77. The largest absolute Gasteiger partial charge is 0.481 e. The van der Waals surface area contributed by atoms with Crippen LogP contribution in [0, 0.1) is 23.7 Å². The highest BCUT2D eigenvalue weighted by Crippen LogP contribution is 2.25. The summed E-state index contributed by atoms with van der Waals surface area (Å²) in [6, 6.07) is -8.34. The van der Waals surface area contributed by atoms with Crippen LogP contribution >= 0.6 is 11.8 Å². The average Bonchev–Trinajstić information content (AvgIpc) is 1.37. The van der Waals surface area contributed by atoms with Gasteiger partial charge in [-0.3, -0.25) is 72.1 Å². The van der Waals surface area contributed by atoms with Crippen LogP contribution in [0.15, 0.2) is 47.8 Å². The Labute approximate surface area is 586 Å². The van der Waals surface area contributed by atoms with Crippen LogP contribution in [0.5, 0.6) is 0 Å². The van der Waals surface area contributed by atoms with Crippen LogP contribution in [-0.2, 0) is 80.0 Å². The van der Waals surface area contributed by atoms with E-state index < -0.39 is 193 Å². The number of hydrogen-bond donors (Lipinski definition) is 17. The lowest BCUT2D eigenvalue weighted by Gasteiger charge is -2.30. The molecule has 100 heavy (non-hydrogen) atoms. The van der Waals surface area contributed by atoms with Crippen molar-refractivity contribution in [3.05, 3.63) is 54.1 Å². The van der Waals surface area contributed by atoms with Gasteiger partial charge in [-0.25, -0.2) is 4.98 Å². The van der Waals surface area contributed by atoms with Gasteiger partial charge in [0, 0.05) is 43.5 Å². The van der Waals surface area contributed by atoms with Gasteiger partial charge in [-0.2, -0.15) is 0 Å². The number of nitrogens with one attached hydrogen (secondary N) is 12. The Morgan fingerprint density at radius 1 is 0.660 bits per heavy atom. The number of primary amides is 1. The normalized spacial score (nSPS) is 23.1. The van der Waals surface area contributed by atoms with E-state index in [4.69, 9.17) is 17.2 Å². The van der Waals surface area contributed by atoms with Crippen molar-refractivity contribution in [2.75, 3.05) is 18.8 Å². The SMILES string of the molecule is CCC(C)C(N)C1=NC(C(=O)N[C@@H](CC(C)C)C(=O)N[C@H](CCC(=O)O)C(=O)N[C@H](C(=O)N[C@H]2CCCCNC(=O)[C@H](CC(N)=O)NC(=O)[C@@H](CC(=O)O)NC(=O)[C@@H](Cc3cnc[nH]3)NC(=O)[C@@H](Cc3ccccc3)NC(=O)[C@@H]([C@H](C)CC)NC(=O)[C@@H](CCCN)NC2=O)[C@@H](C)CC)CS1. The number of aromatic nitrogens is 2. The number of carbonyl (C=O) groups excluding carboxylic acids is 12.